The van der Waals surface area contributed by atoms with Crippen LogP contribution in [0.4, 0.5) is 0 Å². The molecule has 0 unspecified atom stereocenters. The first-order valence-electron chi connectivity index (χ1n) is 7.46. The fourth-order valence-corrected chi connectivity index (χ4v) is 3.42. The molecule has 0 atom stereocenters. The summed E-state index contributed by atoms with van der Waals surface area (Å²) < 4.78 is 2.02. The summed E-state index contributed by atoms with van der Waals surface area (Å²) in [5.74, 6) is 1.04. The van der Waals surface area contributed by atoms with Crippen molar-refractivity contribution in [2.24, 2.45) is 0 Å². The van der Waals surface area contributed by atoms with Crippen LogP contribution in [0.2, 0.25) is 0 Å². The van der Waals surface area contributed by atoms with Gasteiger partial charge in [-0.25, -0.2) is 0 Å². The van der Waals surface area contributed by atoms with Crippen LogP contribution in [-0.4, -0.2) is 20.5 Å². The molecule has 2 aromatic carbocycles. The van der Waals surface area contributed by atoms with Crippen molar-refractivity contribution in [3.8, 4) is 0 Å². The summed E-state index contributed by atoms with van der Waals surface area (Å²) in [6.45, 7) is 4.52. The normalized spacial score (nSPS) is 10.9. The lowest BCUT2D eigenvalue weighted by molar-refractivity contribution is 0.724. The Kier molecular flexibility index (Phi) is 4.91. The number of rotatable bonds is 7. The van der Waals surface area contributed by atoms with E-state index in [1.165, 1.54) is 16.3 Å². The molecule has 0 saturated carbocycles. The summed E-state index contributed by atoms with van der Waals surface area (Å²) in [6.07, 6.45) is 5.84. The monoisotopic (exact) mass is 309 g/mol. The highest BCUT2D eigenvalue weighted by Gasteiger charge is 2.04. The lowest BCUT2D eigenvalue weighted by atomic mass is 10.0. The van der Waals surface area contributed by atoms with Crippen molar-refractivity contribution >= 4 is 22.5 Å². The molecule has 3 rings (SSSR count). The molecule has 112 valence electrons. The number of thioether (sulfide) groups is 1. The molecule has 0 bridgehead atoms. The maximum absolute atomic E-state index is 4.16. The molecule has 4 heteroatoms. The van der Waals surface area contributed by atoms with Gasteiger partial charge in [-0.15, -0.1) is 16.8 Å². The summed E-state index contributed by atoms with van der Waals surface area (Å²) in [5.41, 5.74) is 1.42. The predicted molar refractivity (Wildman–Crippen MR) is 93.2 cm³/mol. The summed E-state index contributed by atoms with van der Waals surface area (Å²) in [4.78, 5) is 0. The van der Waals surface area contributed by atoms with Crippen molar-refractivity contribution in [2.75, 3.05) is 5.75 Å². The fourth-order valence-electron chi connectivity index (χ4n) is 2.56. The van der Waals surface area contributed by atoms with Crippen LogP contribution in [0.25, 0.3) is 10.8 Å². The van der Waals surface area contributed by atoms with Gasteiger partial charge in [0, 0.05) is 12.3 Å². The second-order valence-corrected chi connectivity index (χ2v) is 6.21. The van der Waals surface area contributed by atoms with Crippen LogP contribution < -0.4 is 0 Å². The minimum Gasteiger partial charge on any atom is -0.305 e. The molecule has 0 N–H and O–H groups in total. The predicted octanol–water partition coefficient (Wildman–Crippen LogP) is 4.34. The Morgan fingerprint density at radius 3 is 2.91 bits per heavy atom. The van der Waals surface area contributed by atoms with E-state index in [9.17, 15) is 0 Å². The van der Waals surface area contributed by atoms with Gasteiger partial charge in [-0.05, 0) is 29.2 Å². The number of allylic oxidation sites excluding steroid dienone is 1. The Bertz CT molecular complexity index is 758. The number of nitrogens with zero attached hydrogens (tertiary/aromatic N) is 3. The van der Waals surface area contributed by atoms with Crippen molar-refractivity contribution in [1.82, 2.24) is 14.8 Å². The largest absolute Gasteiger partial charge is 0.305 e. The van der Waals surface area contributed by atoms with Crippen LogP contribution in [0.15, 0.2) is 66.6 Å². The third-order valence-electron chi connectivity index (χ3n) is 3.61. The van der Waals surface area contributed by atoms with Gasteiger partial charge in [0.05, 0.1) is 0 Å². The lowest BCUT2D eigenvalue weighted by Gasteiger charge is -2.06. The Labute approximate surface area is 135 Å². The second kappa shape index (κ2) is 7.27. The average molecular weight is 309 g/mol. The average Bonchev–Trinajstić information content (AvgIpc) is 2.99. The van der Waals surface area contributed by atoms with E-state index in [-0.39, 0.29) is 0 Å². The van der Waals surface area contributed by atoms with E-state index < -0.39 is 0 Å². The van der Waals surface area contributed by atoms with E-state index in [1.807, 2.05) is 10.6 Å². The summed E-state index contributed by atoms with van der Waals surface area (Å²) in [5, 5.41) is 11.8. The van der Waals surface area contributed by atoms with Gasteiger partial charge < -0.3 is 4.57 Å². The number of aromatic nitrogens is 3. The van der Waals surface area contributed by atoms with Crippen LogP contribution in [0.3, 0.4) is 0 Å². The molecular formula is C18H19N3S. The van der Waals surface area contributed by atoms with Crippen LogP contribution >= 0.6 is 11.8 Å². The number of benzene rings is 2. The van der Waals surface area contributed by atoms with E-state index in [4.69, 9.17) is 0 Å². The number of hydrogen-bond donors (Lipinski definition) is 0. The maximum atomic E-state index is 4.16. The molecule has 0 aliphatic rings. The topological polar surface area (TPSA) is 30.7 Å². The van der Waals surface area contributed by atoms with Crippen LogP contribution in [0, 0.1) is 0 Å². The lowest BCUT2D eigenvalue weighted by Crippen LogP contribution is -1.97. The first-order chi connectivity index (χ1) is 10.9. The minimum atomic E-state index is 0.763. The van der Waals surface area contributed by atoms with Gasteiger partial charge in [0.25, 0.3) is 0 Å². The van der Waals surface area contributed by atoms with E-state index in [0.717, 1.165) is 30.3 Å². The Morgan fingerprint density at radius 2 is 2.00 bits per heavy atom. The summed E-state index contributed by atoms with van der Waals surface area (Å²) >= 11 is 1.76. The summed E-state index contributed by atoms with van der Waals surface area (Å²) in [7, 11) is 0. The molecule has 0 saturated heterocycles. The van der Waals surface area contributed by atoms with E-state index >= 15 is 0 Å². The number of fused-ring (bicyclic) bond motifs is 1. The van der Waals surface area contributed by atoms with Crippen molar-refractivity contribution in [3.05, 3.63) is 67.0 Å². The van der Waals surface area contributed by atoms with Gasteiger partial charge in [-0.3, -0.25) is 0 Å². The maximum Gasteiger partial charge on any atom is 0.191 e. The number of aryl methyl sites for hydroxylation is 1. The van der Waals surface area contributed by atoms with E-state index in [2.05, 4.69) is 59.2 Å². The molecule has 0 radical (unpaired) electrons. The van der Waals surface area contributed by atoms with Gasteiger partial charge in [0.15, 0.2) is 5.16 Å². The third-order valence-corrected chi connectivity index (χ3v) is 4.67. The minimum absolute atomic E-state index is 0.763. The van der Waals surface area contributed by atoms with Gasteiger partial charge in [0.2, 0.25) is 0 Å². The van der Waals surface area contributed by atoms with Crippen LogP contribution in [-0.2, 0) is 13.0 Å². The smallest absolute Gasteiger partial charge is 0.191 e. The molecule has 0 aliphatic carbocycles. The van der Waals surface area contributed by atoms with Crippen molar-refractivity contribution in [2.45, 2.75) is 24.5 Å². The van der Waals surface area contributed by atoms with Crippen LogP contribution in [0.5, 0.6) is 0 Å². The SMILES string of the molecule is C=CCn1cnnc1SCCCc1cccc2ccccc12. The summed E-state index contributed by atoms with van der Waals surface area (Å²) in [6, 6.07) is 15.1. The highest BCUT2D eigenvalue weighted by Crippen LogP contribution is 2.22. The molecular weight excluding hydrogens is 290 g/mol. The number of hydrogen-bond acceptors (Lipinski definition) is 3. The second-order valence-electron chi connectivity index (χ2n) is 5.14. The quantitative estimate of drug-likeness (QED) is 0.369. The molecule has 0 spiro atoms. The van der Waals surface area contributed by atoms with E-state index in [0.29, 0.717) is 0 Å². The Morgan fingerprint density at radius 1 is 1.14 bits per heavy atom. The molecule has 3 nitrogen and oxygen atoms in total. The Hall–Kier alpha value is -2.07. The molecule has 1 aromatic heterocycles. The van der Waals surface area contributed by atoms with Gasteiger partial charge in [-0.2, -0.15) is 0 Å². The first-order valence-corrected chi connectivity index (χ1v) is 8.45. The molecule has 1 heterocycles. The zero-order chi connectivity index (χ0) is 15.2. The van der Waals surface area contributed by atoms with Crippen molar-refractivity contribution in [3.63, 3.8) is 0 Å². The standard InChI is InChI=1S/C18H19N3S/c1-2-12-21-14-19-20-18(21)22-13-6-10-16-9-5-8-15-7-3-4-11-17(15)16/h2-5,7-9,11,14H,1,6,10,12-13H2. The van der Waals surface area contributed by atoms with Gasteiger partial charge >= 0.3 is 0 Å². The van der Waals surface area contributed by atoms with Gasteiger partial charge in [0.1, 0.15) is 6.33 Å². The Balaban J connectivity index is 1.58. The zero-order valence-electron chi connectivity index (χ0n) is 12.5. The third kappa shape index (κ3) is 3.39. The van der Waals surface area contributed by atoms with Crippen molar-refractivity contribution in [1.29, 1.82) is 0 Å². The highest BCUT2D eigenvalue weighted by atomic mass is 32.2. The van der Waals surface area contributed by atoms with Crippen LogP contribution in [0.1, 0.15) is 12.0 Å². The molecule has 22 heavy (non-hydrogen) atoms. The highest BCUT2D eigenvalue weighted by molar-refractivity contribution is 7.99. The molecule has 0 amide bonds. The molecule has 0 fully saturated rings. The zero-order valence-corrected chi connectivity index (χ0v) is 13.3. The first kappa shape index (κ1) is 14.9. The van der Waals surface area contributed by atoms with Gasteiger partial charge in [-0.1, -0.05) is 60.3 Å². The van der Waals surface area contributed by atoms with Crippen molar-refractivity contribution < 1.29 is 0 Å². The fraction of sp³-hybridized carbons (Fsp3) is 0.222. The molecule has 0 aliphatic heterocycles. The van der Waals surface area contributed by atoms with E-state index in [1.54, 1.807) is 18.1 Å². The molecule has 3 aromatic rings.